The van der Waals surface area contributed by atoms with E-state index in [0.717, 1.165) is 5.56 Å². The number of hydrogen-bond acceptors (Lipinski definition) is 4. The van der Waals surface area contributed by atoms with Crippen LogP contribution in [0.25, 0.3) is 0 Å². The topological polar surface area (TPSA) is 47.9 Å². The van der Waals surface area contributed by atoms with Gasteiger partial charge in [0.25, 0.3) is 0 Å². The highest BCUT2D eigenvalue weighted by Gasteiger charge is 2.05. The van der Waals surface area contributed by atoms with E-state index in [-0.39, 0.29) is 12.7 Å². The predicted molar refractivity (Wildman–Crippen MR) is 65.5 cm³/mol. The van der Waals surface area contributed by atoms with Crippen LogP contribution in [0.1, 0.15) is 19.4 Å². The summed E-state index contributed by atoms with van der Waals surface area (Å²) in [5.41, 5.74) is 0.746. The third kappa shape index (κ3) is 4.63. The van der Waals surface area contributed by atoms with Crippen molar-refractivity contribution < 1.29 is 19.3 Å². The molecule has 0 amide bonds. The number of ether oxygens (including phenoxy) is 3. The van der Waals surface area contributed by atoms with Gasteiger partial charge in [0, 0.05) is 11.6 Å². The molecule has 4 nitrogen and oxygen atoms in total. The van der Waals surface area contributed by atoms with Gasteiger partial charge in [-0.15, -0.1) is 0 Å². The Morgan fingerprint density at radius 2 is 2.00 bits per heavy atom. The molecule has 0 aliphatic carbocycles. The SMILES string of the molecule is COc1ccc(CO)c(OCCOC(C)C)c1. The maximum absolute atomic E-state index is 9.17. The molecular formula is C13H20O4. The smallest absolute Gasteiger partial charge is 0.128 e. The summed E-state index contributed by atoms with van der Waals surface area (Å²) in [5.74, 6) is 1.35. The van der Waals surface area contributed by atoms with Crippen LogP contribution in [-0.2, 0) is 11.3 Å². The molecule has 0 fully saturated rings. The first-order valence-corrected chi connectivity index (χ1v) is 5.69. The lowest BCUT2D eigenvalue weighted by Gasteiger charge is -2.12. The summed E-state index contributed by atoms with van der Waals surface area (Å²) >= 11 is 0. The summed E-state index contributed by atoms with van der Waals surface area (Å²) < 4.78 is 16.0. The van der Waals surface area contributed by atoms with Gasteiger partial charge in [-0.05, 0) is 26.0 Å². The average Bonchev–Trinajstić information content (AvgIpc) is 2.34. The van der Waals surface area contributed by atoms with E-state index in [4.69, 9.17) is 14.2 Å². The molecule has 0 saturated heterocycles. The van der Waals surface area contributed by atoms with Crippen LogP contribution in [0.15, 0.2) is 18.2 Å². The van der Waals surface area contributed by atoms with Crippen molar-refractivity contribution in [2.24, 2.45) is 0 Å². The standard InChI is InChI=1S/C13H20O4/c1-10(2)16-6-7-17-13-8-12(15-3)5-4-11(13)9-14/h4-5,8,10,14H,6-7,9H2,1-3H3. The molecule has 0 atom stereocenters. The van der Waals surface area contributed by atoms with Crippen molar-refractivity contribution in [2.75, 3.05) is 20.3 Å². The molecule has 0 unspecified atom stereocenters. The van der Waals surface area contributed by atoms with Gasteiger partial charge in [0.15, 0.2) is 0 Å². The summed E-state index contributed by atoms with van der Waals surface area (Å²) in [6.45, 7) is 4.89. The average molecular weight is 240 g/mol. The summed E-state index contributed by atoms with van der Waals surface area (Å²) in [6.07, 6.45) is 0.196. The van der Waals surface area contributed by atoms with Gasteiger partial charge in [0.05, 0.1) is 26.4 Å². The number of methoxy groups -OCH3 is 1. The Bertz CT molecular complexity index is 336. The van der Waals surface area contributed by atoms with E-state index in [0.29, 0.717) is 24.7 Å². The van der Waals surface area contributed by atoms with Crippen molar-refractivity contribution in [3.63, 3.8) is 0 Å². The third-order valence-electron chi connectivity index (χ3n) is 2.24. The maximum atomic E-state index is 9.17. The first-order valence-electron chi connectivity index (χ1n) is 5.69. The zero-order valence-electron chi connectivity index (χ0n) is 10.6. The van der Waals surface area contributed by atoms with Crippen LogP contribution in [0.4, 0.5) is 0 Å². The van der Waals surface area contributed by atoms with Crippen molar-refractivity contribution in [2.45, 2.75) is 26.6 Å². The maximum Gasteiger partial charge on any atom is 0.128 e. The van der Waals surface area contributed by atoms with Crippen LogP contribution in [-0.4, -0.2) is 31.5 Å². The van der Waals surface area contributed by atoms with Crippen molar-refractivity contribution in [1.82, 2.24) is 0 Å². The fourth-order valence-corrected chi connectivity index (χ4v) is 1.36. The number of aliphatic hydroxyl groups is 1. The summed E-state index contributed by atoms with van der Waals surface area (Å²) in [4.78, 5) is 0. The van der Waals surface area contributed by atoms with Crippen molar-refractivity contribution in [1.29, 1.82) is 0 Å². The van der Waals surface area contributed by atoms with E-state index < -0.39 is 0 Å². The lowest BCUT2D eigenvalue weighted by molar-refractivity contribution is 0.0547. The van der Waals surface area contributed by atoms with Crippen LogP contribution in [0, 0.1) is 0 Å². The minimum Gasteiger partial charge on any atom is -0.497 e. The van der Waals surface area contributed by atoms with Gasteiger partial charge < -0.3 is 19.3 Å². The Balaban J connectivity index is 2.55. The largest absolute Gasteiger partial charge is 0.497 e. The molecule has 1 rings (SSSR count). The first kappa shape index (κ1) is 13.8. The van der Waals surface area contributed by atoms with Gasteiger partial charge in [-0.3, -0.25) is 0 Å². The molecule has 17 heavy (non-hydrogen) atoms. The summed E-state index contributed by atoms with van der Waals surface area (Å²) in [6, 6.07) is 5.35. The highest BCUT2D eigenvalue weighted by atomic mass is 16.5. The summed E-state index contributed by atoms with van der Waals surface area (Å²) in [7, 11) is 1.60. The second-order valence-corrected chi connectivity index (χ2v) is 3.90. The Labute approximate surface area is 102 Å². The molecule has 96 valence electrons. The Kier molecular flexibility index (Phi) is 5.80. The fourth-order valence-electron chi connectivity index (χ4n) is 1.36. The molecule has 0 aliphatic rings. The van der Waals surface area contributed by atoms with Gasteiger partial charge in [0.2, 0.25) is 0 Å². The zero-order chi connectivity index (χ0) is 12.7. The molecule has 1 N–H and O–H groups in total. The third-order valence-corrected chi connectivity index (χ3v) is 2.24. The molecule has 1 aromatic carbocycles. The van der Waals surface area contributed by atoms with Crippen LogP contribution in [0.3, 0.4) is 0 Å². The lowest BCUT2D eigenvalue weighted by atomic mass is 10.2. The molecule has 0 aromatic heterocycles. The highest BCUT2D eigenvalue weighted by Crippen LogP contribution is 2.24. The minimum atomic E-state index is -0.0512. The Morgan fingerprint density at radius 3 is 2.59 bits per heavy atom. The highest BCUT2D eigenvalue weighted by molar-refractivity contribution is 5.40. The van der Waals surface area contributed by atoms with Gasteiger partial charge >= 0.3 is 0 Å². The molecule has 1 aromatic rings. The molecule has 0 radical (unpaired) electrons. The molecular weight excluding hydrogens is 220 g/mol. The number of aliphatic hydroxyl groups excluding tert-OH is 1. The molecule has 0 bridgehead atoms. The van der Waals surface area contributed by atoms with Crippen molar-refractivity contribution in [3.8, 4) is 11.5 Å². The van der Waals surface area contributed by atoms with E-state index in [1.807, 2.05) is 13.8 Å². The van der Waals surface area contributed by atoms with E-state index in [2.05, 4.69) is 0 Å². The van der Waals surface area contributed by atoms with Gasteiger partial charge in [-0.25, -0.2) is 0 Å². The fraction of sp³-hybridized carbons (Fsp3) is 0.538. The van der Waals surface area contributed by atoms with Crippen molar-refractivity contribution in [3.05, 3.63) is 23.8 Å². The molecule has 0 aliphatic heterocycles. The quantitative estimate of drug-likeness (QED) is 0.740. The predicted octanol–water partition coefficient (Wildman–Crippen LogP) is 1.99. The van der Waals surface area contributed by atoms with Crippen molar-refractivity contribution >= 4 is 0 Å². The normalized spacial score (nSPS) is 10.6. The number of benzene rings is 1. The van der Waals surface area contributed by atoms with Gasteiger partial charge in [-0.1, -0.05) is 0 Å². The Hall–Kier alpha value is -1.26. The van der Waals surface area contributed by atoms with E-state index in [1.54, 1.807) is 25.3 Å². The molecule has 0 saturated carbocycles. The van der Waals surface area contributed by atoms with Gasteiger partial charge in [0.1, 0.15) is 18.1 Å². The van der Waals surface area contributed by atoms with E-state index >= 15 is 0 Å². The minimum absolute atomic E-state index is 0.0512. The second kappa shape index (κ2) is 7.14. The zero-order valence-corrected chi connectivity index (χ0v) is 10.6. The number of rotatable bonds is 7. The van der Waals surface area contributed by atoms with Crippen LogP contribution in [0.2, 0.25) is 0 Å². The monoisotopic (exact) mass is 240 g/mol. The second-order valence-electron chi connectivity index (χ2n) is 3.90. The molecule has 4 heteroatoms. The van der Waals surface area contributed by atoms with E-state index in [9.17, 15) is 5.11 Å². The Morgan fingerprint density at radius 1 is 1.24 bits per heavy atom. The molecule has 0 heterocycles. The number of hydrogen-bond donors (Lipinski definition) is 1. The summed E-state index contributed by atoms with van der Waals surface area (Å²) in [5, 5.41) is 9.17. The van der Waals surface area contributed by atoms with E-state index in [1.165, 1.54) is 0 Å². The molecule has 0 spiro atoms. The first-order chi connectivity index (χ1) is 8.17. The van der Waals surface area contributed by atoms with Crippen LogP contribution < -0.4 is 9.47 Å². The van der Waals surface area contributed by atoms with Crippen LogP contribution in [0.5, 0.6) is 11.5 Å². The van der Waals surface area contributed by atoms with Gasteiger partial charge in [-0.2, -0.15) is 0 Å². The van der Waals surface area contributed by atoms with Crippen LogP contribution >= 0.6 is 0 Å². The lowest BCUT2D eigenvalue weighted by Crippen LogP contribution is -2.12.